The Labute approximate surface area is 161 Å². The van der Waals surface area contributed by atoms with Crippen molar-refractivity contribution in [2.45, 2.75) is 45.6 Å². The van der Waals surface area contributed by atoms with Gasteiger partial charge in [0.2, 0.25) is 0 Å². The third-order valence-electron chi connectivity index (χ3n) is 4.82. The lowest BCUT2D eigenvalue weighted by Crippen LogP contribution is -2.40. The lowest BCUT2D eigenvalue weighted by Gasteiger charge is -2.11. The normalized spacial score (nSPS) is 19.9. The van der Waals surface area contributed by atoms with Crippen molar-refractivity contribution in [2.75, 3.05) is 13.6 Å². The molecule has 5 heteroatoms. The molecular formula is C19H29IN4. The Hall–Kier alpha value is -1.24. The average molecular weight is 440 g/mol. The maximum absolute atomic E-state index is 4.34. The van der Waals surface area contributed by atoms with E-state index in [1.807, 2.05) is 7.05 Å². The number of aromatic nitrogens is 1. The van der Waals surface area contributed by atoms with Crippen LogP contribution in [0.2, 0.25) is 0 Å². The monoisotopic (exact) mass is 440 g/mol. The summed E-state index contributed by atoms with van der Waals surface area (Å²) >= 11 is 0. The first-order valence-corrected chi connectivity index (χ1v) is 8.75. The Morgan fingerprint density at radius 3 is 2.96 bits per heavy atom. The van der Waals surface area contributed by atoms with Crippen molar-refractivity contribution in [2.24, 2.45) is 10.9 Å². The van der Waals surface area contributed by atoms with Gasteiger partial charge >= 0.3 is 0 Å². The van der Waals surface area contributed by atoms with Crippen molar-refractivity contribution in [1.82, 2.24) is 15.6 Å². The number of para-hydroxylation sites is 1. The maximum Gasteiger partial charge on any atom is 0.191 e. The van der Waals surface area contributed by atoms with Crippen molar-refractivity contribution < 1.29 is 0 Å². The maximum atomic E-state index is 4.34. The number of halogens is 1. The molecule has 132 valence electrons. The number of aliphatic imine (C=N–C) groups is 1. The molecule has 2 aromatic rings. The highest BCUT2D eigenvalue weighted by Crippen LogP contribution is 2.34. The lowest BCUT2D eigenvalue weighted by atomic mass is 10.1. The van der Waals surface area contributed by atoms with Gasteiger partial charge in [-0.25, -0.2) is 0 Å². The van der Waals surface area contributed by atoms with Gasteiger partial charge in [0.1, 0.15) is 0 Å². The van der Waals surface area contributed by atoms with E-state index in [4.69, 9.17) is 0 Å². The van der Waals surface area contributed by atoms with Gasteiger partial charge in [0.25, 0.3) is 0 Å². The zero-order valence-corrected chi connectivity index (χ0v) is 17.2. The van der Waals surface area contributed by atoms with Gasteiger partial charge in [-0.2, -0.15) is 0 Å². The third kappa shape index (κ3) is 4.43. The summed E-state index contributed by atoms with van der Waals surface area (Å²) < 4.78 is 0. The number of aromatic amines is 1. The number of guanidine groups is 1. The average Bonchev–Trinajstić information content (AvgIpc) is 3.14. The number of hydrogen-bond donors (Lipinski definition) is 3. The number of hydrogen-bond acceptors (Lipinski definition) is 1. The minimum absolute atomic E-state index is 0. The molecule has 0 bridgehead atoms. The molecule has 3 rings (SSSR count). The Bertz CT molecular complexity index is 692. The summed E-state index contributed by atoms with van der Waals surface area (Å²) in [4.78, 5) is 7.74. The van der Waals surface area contributed by atoms with Crippen LogP contribution in [0.3, 0.4) is 0 Å². The SMILES string of the molecule is CCCC1CC1NC(=NC)NCCc1c[nH]c2c(C)cccc12.I. The van der Waals surface area contributed by atoms with Crippen LogP contribution < -0.4 is 10.6 Å². The summed E-state index contributed by atoms with van der Waals surface area (Å²) in [5.74, 6) is 1.78. The molecular weight excluding hydrogens is 411 g/mol. The van der Waals surface area contributed by atoms with E-state index in [0.29, 0.717) is 6.04 Å². The van der Waals surface area contributed by atoms with Crippen molar-refractivity contribution in [3.05, 3.63) is 35.5 Å². The standard InChI is InChI=1S/C19H28N4.HI/c1-4-6-14-11-17(14)23-19(20-3)21-10-9-15-12-22-18-13(2)7-5-8-16(15)18;/h5,7-8,12,14,17,22H,4,6,9-11H2,1-3H3,(H2,20,21,23);1H. The summed E-state index contributed by atoms with van der Waals surface area (Å²) in [6.07, 6.45) is 7.01. The molecule has 1 aliphatic carbocycles. The van der Waals surface area contributed by atoms with E-state index < -0.39 is 0 Å². The largest absolute Gasteiger partial charge is 0.361 e. The van der Waals surface area contributed by atoms with Crippen LogP contribution in [0.25, 0.3) is 10.9 Å². The number of nitrogens with one attached hydrogen (secondary N) is 3. The van der Waals surface area contributed by atoms with E-state index in [-0.39, 0.29) is 24.0 Å². The molecule has 1 aromatic heterocycles. The smallest absolute Gasteiger partial charge is 0.191 e. The molecule has 0 radical (unpaired) electrons. The van der Waals surface area contributed by atoms with E-state index in [2.05, 4.69) is 58.9 Å². The van der Waals surface area contributed by atoms with E-state index in [1.54, 1.807) is 0 Å². The molecule has 3 N–H and O–H groups in total. The van der Waals surface area contributed by atoms with Crippen molar-refractivity contribution in [1.29, 1.82) is 0 Å². The number of benzene rings is 1. The molecule has 1 aromatic carbocycles. The van der Waals surface area contributed by atoms with Gasteiger partial charge in [-0.15, -0.1) is 24.0 Å². The number of aryl methyl sites for hydroxylation is 1. The van der Waals surface area contributed by atoms with Crippen molar-refractivity contribution in [3.63, 3.8) is 0 Å². The van der Waals surface area contributed by atoms with Crippen LogP contribution in [0, 0.1) is 12.8 Å². The summed E-state index contributed by atoms with van der Waals surface area (Å²) in [5, 5.41) is 8.31. The Morgan fingerprint density at radius 1 is 1.38 bits per heavy atom. The van der Waals surface area contributed by atoms with Crippen molar-refractivity contribution in [3.8, 4) is 0 Å². The minimum Gasteiger partial charge on any atom is -0.361 e. The summed E-state index contributed by atoms with van der Waals surface area (Å²) in [7, 11) is 1.85. The van der Waals surface area contributed by atoms with Crippen molar-refractivity contribution >= 4 is 40.8 Å². The second-order valence-electron chi connectivity index (χ2n) is 6.60. The number of fused-ring (bicyclic) bond motifs is 1. The predicted octanol–water partition coefficient (Wildman–Crippen LogP) is 3.99. The molecule has 0 aliphatic heterocycles. The van der Waals surface area contributed by atoms with Gasteiger partial charge < -0.3 is 15.6 Å². The quantitative estimate of drug-likeness (QED) is 0.362. The summed E-state index contributed by atoms with van der Waals surface area (Å²) in [6, 6.07) is 7.09. The van der Waals surface area contributed by atoms with Crippen LogP contribution in [-0.2, 0) is 6.42 Å². The Balaban J connectivity index is 0.00000208. The zero-order chi connectivity index (χ0) is 16.2. The van der Waals surface area contributed by atoms with Gasteiger partial charge in [-0.05, 0) is 43.2 Å². The number of nitrogens with zero attached hydrogens (tertiary/aromatic N) is 1. The summed E-state index contributed by atoms with van der Waals surface area (Å²) in [6.45, 7) is 5.30. The fourth-order valence-electron chi connectivity index (χ4n) is 3.37. The predicted molar refractivity (Wildman–Crippen MR) is 113 cm³/mol. The van der Waals surface area contributed by atoms with Gasteiger partial charge in [-0.1, -0.05) is 31.5 Å². The van der Waals surface area contributed by atoms with Crippen LogP contribution in [0.15, 0.2) is 29.4 Å². The molecule has 1 heterocycles. The van der Waals surface area contributed by atoms with E-state index in [1.165, 1.54) is 41.3 Å². The fraction of sp³-hybridized carbons (Fsp3) is 0.526. The first-order valence-electron chi connectivity index (χ1n) is 8.75. The van der Waals surface area contributed by atoms with Crippen LogP contribution in [0.4, 0.5) is 0 Å². The highest BCUT2D eigenvalue weighted by molar-refractivity contribution is 14.0. The molecule has 2 unspecified atom stereocenters. The van der Waals surface area contributed by atoms with Gasteiger partial charge in [0.05, 0.1) is 0 Å². The second kappa shape index (κ2) is 8.74. The fourth-order valence-corrected chi connectivity index (χ4v) is 3.37. The molecule has 0 amide bonds. The van der Waals surface area contributed by atoms with Gasteiger partial charge in [-0.3, -0.25) is 4.99 Å². The highest BCUT2D eigenvalue weighted by atomic mass is 127. The first kappa shape index (κ1) is 19.1. The molecule has 4 nitrogen and oxygen atoms in total. The molecule has 1 aliphatic rings. The van der Waals surface area contributed by atoms with Gasteiger partial charge in [0, 0.05) is 36.7 Å². The third-order valence-corrected chi connectivity index (χ3v) is 4.82. The second-order valence-corrected chi connectivity index (χ2v) is 6.60. The van der Waals surface area contributed by atoms with Crippen LogP contribution >= 0.6 is 24.0 Å². The van der Waals surface area contributed by atoms with E-state index in [9.17, 15) is 0 Å². The van der Waals surface area contributed by atoms with Crippen LogP contribution in [0.1, 0.15) is 37.3 Å². The topological polar surface area (TPSA) is 52.2 Å². The van der Waals surface area contributed by atoms with E-state index in [0.717, 1.165) is 24.8 Å². The van der Waals surface area contributed by atoms with Crippen LogP contribution in [0.5, 0.6) is 0 Å². The lowest BCUT2D eigenvalue weighted by molar-refractivity contribution is 0.655. The molecule has 0 saturated heterocycles. The van der Waals surface area contributed by atoms with E-state index >= 15 is 0 Å². The Kier molecular flexibility index (Phi) is 6.95. The molecule has 0 spiro atoms. The number of rotatable bonds is 6. The van der Waals surface area contributed by atoms with Gasteiger partial charge in [0.15, 0.2) is 5.96 Å². The number of H-pyrrole nitrogens is 1. The molecule has 1 fully saturated rings. The molecule has 2 atom stereocenters. The first-order chi connectivity index (χ1) is 11.2. The minimum atomic E-state index is 0. The Morgan fingerprint density at radius 2 is 2.21 bits per heavy atom. The highest BCUT2D eigenvalue weighted by Gasteiger charge is 2.36. The zero-order valence-electron chi connectivity index (χ0n) is 14.9. The van der Waals surface area contributed by atoms with Crippen LogP contribution in [-0.4, -0.2) is 30.6 Å². The molecule has 1 saturated carbocycles. The molecule has 24 heavy (non-hydrogen) atoms. The summed E-state index contributed by atoms with van der Waals surface area (Å²) in [5.41, 5.74) is 3.92.